The van der Waals surface area contributed by atoms with Crippen molar-refractivity contribution in [3.8, 4) is 0 Å². The van der Waals surface area contributed by atoms with Crippen LogP contribution in [0.25, 0.3) is 0 Å². The van der Waals surface area contributed by atoms with Gasteiger partial charge in [0.2, 0.25) is 5.91 Å². The molecule has 24 heavy (non-hydrogen) atoms. The average molecular weight is 388 g/mol. The van der Waals surface area contributed by atoms with E-state index in [2.05, 4.69) is 31.4 Å². The second-order valence-electron chi connectivity index (χ2n) is 5.57. The number of anilines is 1. The van der Waals surface area contributed by atoms with Crippen molar-refractivity contribution in [2.45, 2.75) is 19.4 Å². The smallest absolute Gasteiger partial charge is 0.225 e. The fourth-order valence-corrected chi connectivity index (χ4v) is 2.66. The van der Waals surface area contributed by atoms with Crippen LogP contribution in [-0.2, 0) is 24.8 Å². The number of hydrogen-bond acceptors (Lipinski definition) is 3. The number of amides is 1. The minimum atomic E-state index is -0.0311. The van der Waals surface area contributed by atoms with Crippen molar-refractivity contribution in [3.63, 3.8) is 0 Å². The quantitative estimate of drug-likeness (QED) is 0.706. The lowest BCUT2D eigenvalue weighted by atomic mass is 10.2. The molecule has 3 rings (SSSR count). The molecule has 124 valence electrons. The van der Waals surface area contributed by atoms with Crippen molar-refractivity contribution < 1.29 is 4.79 Å². The predicted octanol–water partition coefficient (Wildman–Crippen LogP) is 3.00. The van der Waals surface area contributed by atoms with Crippen LogP contribution in [0.2, 0.25) is 0 Å². The summed E-state index contributed by atoms with van der Waals surface area (Å²) in [6.07, 6.45) is 6.47. The number of halogens is 1. The standard InChI is InChI=1S/C17H18BrN5O/c1-22-11-14(10-20-22)4-7-17(24)21-16-8-9-19-23(16)12-13-2-5-15(18)6-3-13/h2-3,5-6,8-11H,4,7,12H2,1H3,(H,21,24). The summed E-state index contributed by atoms with van der Waals surface area (Å²) in [5.41, 5.74) is 2.17. The van der Waals surface area contributed by atoms with E-state index in [1.54, 1.807) is 27.8 Å². The maximum Gasteiger partial charge on any atom is 0.225 e. The molecule has 0 fully saturated rings. The van der Waals surface area contributed by atoms with Gasteiger partial charge in [-0.2, -0.15) is 10.2 Å². The highest BCUT2D eigenvalue weighted by molar-refractivity contribution is 9.10. The normalized spacial score (nSPS) is 10.8. The third-order valence-electron chi connectivity index (χ3n) is 3.63. The minimum Gasteiger partial charge on any atom is -0.311 e. The summed E-state index contributed by atoms with van der Waals surface area (Å²) in [6, 6.07) is 9.84. The molecule has 1 aromatic carbocycles. The van der Waals surface area contributed by atoms with Crippen LogP contribution in [0, 0.1) is 0 Å². The van der Waals surface area contributed by atoms with Gasteiger partial charge in [-0.3, -0.25) is 9.48 Å². The van der Waals surface area contributed by atoms with E-state index in [9.17, 15) is 4.79 Å². The minimum absolute atomic E-state index is 0.0311. The van der Waals surface area contributed by atoms with Gasteiger partial charge >= 0.3 is 0 Å². The summed E-state index contributed by atoms with van der Waals surface area (Å²) in [5.74, 6) is 0.672. The Labute approximate surface area is 148 Å². The van der Waals surface area contributed by atoms with E-state index in [4.69, 9.17) is 0 Å². The number of carbonyl (C=O) groups excluding carboxylic acids is 1. The van der Waals surface area contributed by atoms with Gasteiger partial charge in [0.05, 0.1) is 18.9 Å². The van der Waals surface area contributed by atoms with Crippen molar-refractivity contribution in [2.24, 2.45) is 7.05 Å². The summed E-state index contributed by atoms with van der Waals surface area (Å²) in [7, 11) is 1.87. The molecular weight excluding hydrogens is 370 g/mol. The van der Waals surface area contributed by atoms with Crippen molar-refractivity contribution in [2.75, 3.05) is 5.32 Å². The number of aromatic nitrogens is 4. The van der Waals surface area contributed by atoms with Gasteiger partial charge < -0.3 is 5.32 Å². The van der Waals surface area contributed by atoms with Crippen LogP contribution in [0.3, 0.4) is 0 Å². The fraction of sp³-hybridized carbons (Fsp3) is 0.235. The Hall–Kier alpha value is -2.41. The van der Waals surface area contributed by atoms with Gasteiger partial charge in [0.25, 0.3) is 0 Å². The Morgan fingerprint density at radius 1 is 1.17 bits per heavy atom. The number of nitrogens with zero attached hydrogens (tertiary/aromatic N) is 4. The second-order valence-corrected chi connectivity index (χ2v) is 6.49. The topological polar surface area (TPSA) is 64.7 Å². The highest BCUT2D eigenvalue weighted by Crippen LogP contribution is 2.14. The van der Waals surface area contributed by atoms with Crippen LogP contribution in [0.1, 0.15) is 17.5 Å². The van der Waals surface area contributed by atoms with E-state index in [1.165, 1.54) is 0 Å². The Balaban J connectivity index is 1.58. The van der Waals surface area contributed by atoms with Crippen LogP contribution in [0.5, 0.6) is 0 Å². The Morgan fingerprint density at radius 3 is 2.67 bits per heavy atom. The van der Waals surface area contributed by atoms with Gasteiger partial charge in [-0.15, -0.1) is 0 Å². The monoisotopic (exact) mass is 387 g/mol. The molecule has 0 saturated heterocycles. The zero-order valence-corrected chi connectivity index (χ0v) is 14.9. The lowest BCUT2D eigenvalue weighted by Gasteiger charge is -2.09. The number of carbonyl (C=O) groups is 1. The Bertz CT molecular complexity index is 822. The Morgan fingerprint density at radius 2 is 1.96 bits per heavy atom. The molecule has 0 spiro atoms. The average Bonchev–Trinajstić information content (AvgIpc) is 3.17. The number of hydrogen-bond donors (Lipinski definition) is 1. The van der Waals surface area contributed by atoms with Gasteiger partial charge in [0.1, 0.15) is 5.82 Å². The van der Waals surface area contributed by atoms with Crippen LogP contribution >= 0.6 is 15.9 Å². The molecule has 2 aromatic heterocycles. The van der Waals surface area contributed by atoms with Crippen LogP contribution in [0.4, 0.5) is 5.82 Å². The molecule has 7 heteroatoms. The molecule has 0 unspecified atom stereocenters. The lowest BCUT2D eigenvalue weighted by molar-refractivity contribution is -0.116. The summed E-state index contributed by atoms with van der Waals surface area (Å²) in [5, 5.41) is 11.3. The third-order valence-corrected chi connectivity index (χ3v) is 4.16. The largest absolute Gasteiger partial charge is 0.311 e. The highest BCUT2D eigenvalue weighted by atomic mass is 79.9. The SMILES string of the molecule is Cn1cc(CCC(=O)Nc2ccnn2Cc2ccc(Br)cc2)cn1. The maximum atomic E-state index is 12.2. The number of nitrogens with one attached hydrogen (secondary N) is 1. The van der Waals surface area contributed by atoms with E-state index >= 15 is 0 Å². The van der Waals surface area contributed by atoms with Crippen molar-refractivity contribution in [3.05, 3.63) is 64.5 Å². The first-order valence-electron chi connectivity index (χ1n) is 7.64. The van der Waals surface area contributed by atoms with Crippen molar-refractivity contribution in [1.29, 1.82) is 0 Å². The van der Waals surface area contributed by atoms with Crippen LogP contribution in [-0.4, -0.2) is 25.5 Å². The summed E-state index contributed by atoms with van der Waals surface area (Å²) >= 11 is 3.42. The fourth-order valence-electron chi connectivity index (χ4n) is 2.39. The summed E-state index contributed by atoms with van der Waals surface area (Å²) < 4.78 is 4.56. The van der Waals surface area contributed by atoms with Gasteiger partial charge in [-0.25, -0.2) is 4.68 Å². The zero-order chi connectivity index (χ0) is 16.9. The van der Waals surface area contributed by atoms with Crippen molar-refractivity contribution >= 4 is 27.7 Å². The van der Waals surface area contributed by atoms with E-state index in [0.717, 1.165) is 15.6 Å². The molecule has 0 radical (unpaired) electrons. The molecule has 3 aromatic rings. The maximum absolute atomic E-state index is 12.2. The number of rotatable bonds is 6. The lowest BCUT2D eigenvalue weighted by Crippen LogP contribution is -2.16. The number of aryl methyl sites for hydroxylation is 2. The van der Waals surface area contributed by atoms with Crippen LogP contribution < -0.4 is 5.32 Å². The predicted molar refractivity (Wildman–Crippen MR) is 95.6 cm³/mol. The van der Waals surface area contributed by atoms with Gasteiger partial charge in [-0.1, -0.05) is 28.1 Å². The number of benzene rings is 1. The molecule has 0 atom stereocenters. The van der Waals surface area contributed by atoms with Gasteiger partial charge in [-0.05, 0) is 29.7 Å². The van der Waals surface area contributed by atoms with Gasteiger partial charge in [0.15, 0.2) is 0 Å². The third kappa shape index (κ3) is 4.32. The van der Waals surface area contributed by atoms with Gasteiger partial charge in [0, 0.05) is 30.2 Å². The molecule has 0 bridgehead atoms. The van der Waals surface area contributed by atoms with E-state index in [-0.39, 0.29) is 5.91 Å². The molecule has 0 aliphatic rings. The summed E-state index contributed by atoms with van der Waals surface area (Å²) in [4.78, 5) is 12.2. The van der Waals surface area contributed by atoms with Crippen LogP contribution in [0.15, 0.2) is 53.4 Å². The first-order valence-corrected chi connectivity index (χ1v) is 8.43. The molecule has 1 N–H and O–H groups in total. The van der Waals surface area contributed by atoms with Crippen molar-refractivity contribution in [1.82, 2.24) is 19.6 Å². The first kappa shape index (κ1) is 16.4. The molecule has 1 amide bonds. The van der Waals surface area contributed by atoms with E-state index < -0.39 is 0 Å². The molecule has 0 aliphatic heterocycles. The molecule has 6 nitrogen and oxygen atoms in total. The van der Waals surface area contributed by atoms with E-state index in [1.807, 2.05) is 37.5 Å². The molecular formula is C17H18BrN5O. The second kappa shape index (κ2) is 7.44. The zero-order valence-electron chi connectivity index (χ0n) is 13.3. The molecule has 2 heterocycles. The molecule has 0 saturated carbocycles. The first-order chi connectivity index (χ1) is 11.6. The molecule has 0 aliphatic carbocycles. The van der Waals surface area contributed by atoms with E-state index in [0.29, 0.717) is 25.2 Å². The highest BCUT2D eigenvalue weighted by Gasteiger charge is 2.09. The Kier molecular flexibility index (Phi) is 5.10. The summed E-state index contributed by atoms with van der Waals surface area (Å²) in [6.45, 7) is 0.610.